The third-order valence-electron chi connectivity index (χ3n) is 7.37. The van der Waals surface area contributed by atoms with E-state index in [4.69, 9.17) is 4.74 Å². The highest BCUT2D eigenvalue weighted by molar-refractivity contribution is 6.10. The number of halogens is 1. The number of hydrogen-bond acceptors (Lipinski definition) is 8. The first-order valence-corrected chi connectivity index (χ1v) is 14.2. The first-order chi connectivity index (χ1) is 21.1. The number of carbonyl (C=O) groups excluding carboxylic acids is 2. The second kappa shape index (κ2) is 11.3. The second-order valence-corrected chi connectivity index (χ2v) is 11.6. The highest BCUT2D eigenvalue weighted by atomic mass is 19.1. The summed E-state index contributed by atoms with van der Waals surface area (Å²) in [5, 5.41) is 19.1. The lowest BCUT2D eigenvalue weighted by atomic mass is 10.0. The second-order valence-electron chi connectivity index (χ2n) is 11.6. The number of amides is 2. The minimum atomic E-state index is -0.769. The van der Waals surface area contributed by atoms with E-state index in [-0.39, 0.29) is 17.9 Å². The zero-order valence-corrected chi connectivity index (χ0v) is 24.4. The van der Waals surface area contributed by atoms with Gasteiger partial charge in [-0.1, -0.05) is 11.3 Å². The van der Waals surface area contributed by atoms with Gasteiger partial charge in [0.2, 0.25) is 0 Å². The number of nitrogens with zero attached hydrogens (tertiary/aromatic N) is 8. The van der Waals surface area contributed by atoms with E-state index in [1.807, 2.05) is 0 Å². The molecule has 2 aromatic carbocycles. The standard InChI is InChI=1S/C32H29FN8O3/c1-32(2,3)44-31(43)39-15-5-6-23(19-39)40(28-25-16-20(18-34)8-9-21(25)12-14-36-28)30(42)24-11-10-22(17-26(24)33)41-29-27(37-38-41)7-4-13-35-29/h4,7-14,16-17,23H,5-6,15,19H2,1-3H3/t23-/m1/s1. The van der Waals surface area contributed by atoms with E-state index in [9.17, 15) is 14.9 Å². The van der Waals surface area contributed by atoms with E-state index >= 15 is 4.39 Å². The van der Waals surface area contributed by atoms with Crippen LogP contribution in [-0.2, 0) is 4.74 Å². The molecule has 0 radical (unpaired) electrons. The molecule has 0 saturated carbocycles. The third kappa shape index (κ3) is 5.51. The molecular weight excluding hydrogens is 563 g/mol. The van der Waals surface area contributed by atoms with Crippen LogP contribution in [0.5, 0.6) is 0 Å². The number of carbonyl (C=O) groups is 2. The van der Waals surface area contributed by atoms with Crippen LogP contribution in [0.15, 0.2) is 67.0 Å². The first kappa shape index (κ1) is 28.7. The molecule has 12 heteroatoms. The molecule has 0 aliphatic carbocycles. The molecular formula is C32H29FN8O3. The van der Waals surface area contributed by atoms with Gasteiger partial charge in [-0.2, -0.15) is 9.94 Å². The summed E-state index contributed by atoms with van der Waals surface area (Å²) in [6.07, 6.45) is 3.80. The molecule has 1 saturated heterocycles. The number of fused-ring (bicyclic) bond motifs is 2. The molecule has 0 spiro atoms. The number of aromatic nitrogens is 5. The van der Waals surface area contributed by atoms with Gasteiger partial charge in [-0.05, 0) is 81.5 Å². The molecule has 5 aromatic rings. The number of anilines is 1. The summed E-state index contributed by atoms with van der Waals surface area (Å²) in [4.78, 5) is 39.3. The van der Waals surface area contributed by atoms with Crippen LogP contribution >= 0.6 is 0 Å². The van der Waals surface area contributed by atoms with Crippen molar-refractivity contribution in [2.24, 2.45) is 0 Å². The van der Waals surface area contributed by atoms with E-state index in [0.717, 1.165) is 5.39 Å². The number of likely N-dealkylation sites (tertiary alicyclic amines) is 1. The maximum absolute atomic E-state index is 15.9. The fourth-order valence-corrected chi connectivity index (χ4v) is 5.39. The van der Waals surface area contributed by atoms with E-state index in [2.05, 4.69) is 26.3 Å². The lowest BCUT2D eigenvalue weighted by Gasteiger charge is -2.39. The summed E-state index contributed by atoms with van der Waals surface area (Å²) in [5.41, 5.74) is 0.857. The van der Waals surface area contributed by atoms with Crippen molar-refractivity contribution < 1.29 is 18.7 Å². The maximum Gasteiger partial charge on any atom is 0.410 e. The van der Waals surface area contributed by atoms with Gasteiger partial charge in [0.25, 0.3) is 5.91 Å². The van der Waals surface area contributed by atoms with Crippen LogP contribution < -0.4 is 4.90 Å². The molecule has 222 valence electrons. The molecule has 0 bridgehead atoms. The average molecular weight is 593 g/mol. The van der Waals surface area contributed by atoms with Crippen LogP contribution in [0.1, 0.15) is 49.5 Å². The minimum absolute atomic E-state index is 0.160. The van der Waals surface area contributed by atoms with Crippen LogP contribution in [0.2, 0.25) is 0 Å². The van der Waals surface area contributed by atoms with Crippen molar-refractivity contribution in [3.8, 4) is 11.8 Å². The van der Waals surface area contributed by atoms with Crippen molar-refractivity contribution in [1.82, 2.24) is 29.9 Å². The van der Waals surface area contributed by atoms with Gasteiger partial charge < -0.3 is 9.64 Å². The molecule has 1 atom stereocenters. The summed E-state index contributed by atoms with van der Waals surface area (Å²) in [7, 11) is 0. The van der Waals surface area contributed by atoms with Gasteiger partial charge in [0.1, 0.15) is 22.8 Å². The summed E-state index contributed by atoms with van der Waals surface area (Å²) in [6.45, 7) is 5.99. The Morgan fingerprint density at radius 3 is 2.70 bits per heavy atom. The molecule has 1 aliphatic rings. The lowest BCUT2D eigenvalue weighted by Crippen LogP contribution is -2.53. The van der Waals surface area contributed by atoms with E-state index in [1.54, 1.807) is 80.5 Å². The summed E-state index contributed by atoms with van der Waals surface area (Å²) in [6, 6.07) is 16.2. The van der Waals surface area contributed by atoms with Crippen molar-refractivity contribution in [2.75, 3.05) is 18.0 Å². The SMILES string of the molecule is CC(C)(C)OC(=O)N1CCC[C@@H](N(C(=O)c2ccc(-n3nnc4cccnc43)cc2F)c2nccc3ccc(C#N)cc23)C1. The molecule has 4 heterocycles. The van der Waals surface area contributed by atoms with Crippen molar-refractivity contribution in [3.63, 3.8) is 0 Å². The van der Waals surface area contributed by atoms with Gasteiger partial charge in [-0.25, -0.2) is 19.2 Å². The number of hydrogen-bond donors (Lipinski definition) is 0. The molecule has 1 aliphatic heterocycles. The molecule has 11 nitrogen and oxygen atoms in total. The van der Waals surface area contributed by atoms with Gasteiger partial charge in [0.15, 0.2) is 5.65 Å². The van der Waals surface area contributed by atoms with Crippen molar-refractivity contribution in [3.05, 3.63) is 83.9 Å². The fraction of sp³-hybridized carbons (Fsp3) is 0.281. The minimum Gasteiger partial charge on any atom is -0.444 e. The number of benzene rings is 2. The van der Waals surface area contributed by atoms with Gasteiger partial charge in [0.05, 0.1) is 28.9 Å². The normalized spacial score (nSPS) is 15.2. The Bertz CT molecular complexity index is 1940. The first-order valence-electron chi connectivity index (χ1n) is 14.2. The van der Waals surface area contributed by atoms with E-state index < -0.39 is 29.5 Å². The number of ether oxygens (including phenoxy) is 1. The molecule has 1 fully saturated rings. The van der Waals surface area contributed by atoms with Gasteiger partial charge in [0, 0.05) is 36.9 Å². The van der Waals surface area contributed by atoms with Gasteiger partial charge in [-0.3, -0.25) is 9.69 Å². The Hall–Kier alpha value is -5.44. The highest BCUT2D eigenvalue weighted by Gasteiger charge is 2.36. The Balaban J connectivity index is 1.42. The Morgan fingerprint density at radius 2 is 1.93 bits per heavy atom. The topological polar surface area (TPSA) is 130 Å². The zero-order valence-electron chi connectivity index (χ0n) is 24.4. The van der Waals surface area contributed by atoms with Crippen molar-refractivity contribution >= 4 is 39.8 Å². The Kier molecular flexibility index (Phi) is 7.38. The molecule has 3 aromatic heterocycles. The summed E-state index contributed by atoms with van der Waals surface area (Å²) < 4.78 is 22.9. The van der Waals surface area contributed by atoms with E-state index in [1.165, 1.54) is 21.7 Å². The zero-order chi connectivity index (χ0) is 31.0. The predicted molar refractivity (Wildman–Crippen MR) is 161 cm³/mol. The van der Waals surface area contributed by atoms with Crippen LogP contribution in [0, 0.1) is 17.1 Å². The monoisotopic (exact) mass is 592 g/mol. The number of nitriles is 1. The highest BCUT2D eigenvalue weighted by Crippen LogP contribution is 2.32. The molecule has 0 unspecified atom stereocenters. The maximum atomic E-state index is 15.9. The number of rotatable bonds is 4. The fourth-order valence-electron chi connectivity index (χ4n) is 5.39. The van der Waals surface area contributed by atoms with Crippen LogP contribution in [0.4, 0.5) is 15.0 Å². The van der Waals surface area contributed by atoms with Crippen molar-refractivity contribution in [2.45, 2.75) is 45.3 Å². The third-order valence-corrected chi connectivity index (χ3v) is 7.37. The summed E-state index contributed by atoms with van der Waals surface area (Å²) >= 11 is 0. The number of piperidine rings is 1. The molecule has 6 rings (SSSR count). The largest absolute Gasteiger partial charge is 0.444 e. The van der Waals surface area contributed by atoms with Crippen LogP contribution in [0.25, 0.3) is 27.6 Å². The van der Waals surface area contributed by atoms with Crippen LogP contribution in [-0.4, -0.2) is 66.6 Å². The average Bonchev–Trinajstić information content (AvgIpc) is 3.44. The Labute approximate surface area is 252 Å². The molecule has 44 heavy (non-hydrogen) atoms. The molecule has 0 N–H and O–H groups in total. The Morgan fingerprint density at radius 1 is 1.09 bits per heavy atom. The molecule has 2 amide bonds. The van der Waals surface area contributed by atoms with Crippen molar-refractivity contribution in [1.29, 1.82) is 5.26 Å². The summed E-state index contributed by atoms with van der Waals surface area (Å²) in [5.74, 6) is -1.13. The number of pyridine rings is 2. The van der Waals surface area contributed by atoms with Gasteiger partial charge >= 0.3 is 6.09 Å². The van der Waals surface area contributed by atoms with E-state index in [0.29, 0.717) is 47.2 Å². The van der Waals surface area contributed by atoms with Gasteiger partial charge in [-0.15, -0.1) is 5.10 Å². The lowest BCUT2D eigenvalue weighted by molar-refractivity contribution is 0.0196. The predicted octanol–water partition coefficient (Wildman–Crippen LogP) is 5.42. The van der Waals surface area contributed by atoms with Crippen LogP contribution in [0.3, 0.4) is 0 Å². The quantitative estimate of drug-likeness (QED) is 0.270. The smallest absolute Gasteiger partial charge is 0.410 e.